The molecule has 3 aromatic rings. The van der Waals surface area contributed by atoms with Gasteiger partial charge in [-0.1, -0.05) is 41.9 Å². The van der Waals surface area contributed by atoms with Gasteiger partial charge in [0.25, 0.3) is 5.91 Å². The van der Waals surface area contributed by atoms with Crippen LogP contribution in [0.15, 0.2) is 58.8 Å². The number of nitrogens with one attached hydrogen (secondary N) is 1. The first-order valence-electron chi connectivity index (χ1n) is 7.83. The van der Waals surface area contributed by atoms with Crippen LogP contribution in [0, 0.1) is 0 Å². The Morgan fingerprint density at radius 3 is 2.52 bits per heavy atom. The van der Waals surface area contributed by atoms with Crippen molar-refractivity contribution in [3.8, 4) is 11.3 Å². The molecule has 0 spiro atoms. The molecule has 140 valence electrons. The lowest BCUT2D eigenvalue weighted by atomic mass is 10.2. The maximum Gasteiger partial charge on any atom is 0.259 e. The summed E-state index contributed by atoms with van der Waals surface area (Å²) in [5.41, 5.74) is 1.74. The molecule has 2 aromatic carbocycles. The normalized spacial score (nSPS) is 11.6. The number of halogens is 1. The Bertz CT molecular complexity index is 1080. The van der Waals surface area contributed by atoms with Gasteiger partial charge in [-0.2, -0.15) is 0 Å². The van der Waals surface area contributed by atoms with Crippen molar-refractivity contribution in [1.82, 2.24) is 9.29 Å². The fraction of sp³-hybridized carbons (Fsp3) is 0.111. The minimum Gasteiger partial charge on any atom is -0.298 e. The van der Waals surface area contributed by atoms with Gasteiger partial charge in [0.1, 0.15) is 0 Å². The van der Waals surface area contributed by atoms with Crippen molar-refractivity contribution in [2.45, 2.75) is 4.90 Å². The predicted octanol–water partition coefficient (Wildman–Crippen LogP) is 3.97. The molecule has 0 unspecified atom stereocenters. The summed E-state index contributed by atoms with van der Waals surface area (Å²) in [5, 5.41) is 5.06. The molecule has 1 heterocycles. The van der Waals surface area contributed by atoms with Crippen LogP contribution < -0.4 is 5.32 Å². The molecule has 27 heavy (non-hydrogen) atoms. The van der Waals surface area contributed by atoms with E-state index in [-0.39, 0.29) is 15.5 Å². The Hall–Kier alpha value is -2.26. The molecular formula is C18H16ClN3O3S2. The molecular weight excluding hydrogens is 406 g/mol. The zero-order valence-electron chi connectivity index (χ0n) is 14.5. The topological polar surface area (TPSA) is 79.4 Å². The number of nitrogens with zero attached hydrogens (tertiary/aromatic N) is 2. The van der Waals surface area contributed by atoms with Gasteiger partial charge in [-0.3, -0.25) is 10.1 Å². The van der Waals surface area contributed by atoms with E-state index in [1.165, 1.54) is 43.6 Å². The Morgan fingerprint density at radius 2 is 1.85 bits per heavy atom. The fourth-order valence-electron chi connectivity index (χ4n) is 2.29. The number of hydrogen-bond donors (Lipinski definition) is 1. The van der Waals surface area contributed by atoms with E-state index in [4.69, 9.17) is 11.6 Å². The molecule has 0 fully saturated rings. The Balaban J connectivity index is 1.86. The van der Waals surface area contributed by atoms with E-state index in [0.29, 0.717) is 5.13 Å². The van der Waals surface area contributed by atoms with Crippen molar-refractivity contribution in [2.24, 2.45) is 0 Å². The highest BCUT2D eigenvalue weighted by molar-refractivity contribution is 7.89. The van der Waals surface area contributed by atoms with Gasteiger partial charge in [0.15, 0.2) is 5.13 Å². The smallest absolute Gasteiger partial charge is 0.259 e. The Morgan fingerprint density at radius 1 is 1.15 bits per heavy atom. The highest BCUT2D eigenvalue weighted by atomic mass is 35.5. The number of aromatic nitrogens is 1. The summed E-state index contributed by atoms with van der Waals surface area (Å²) in [6.07, 6.45) is 0. The van der Waals surface area contributed by atoms with Crippen molar-refractivity contribution in [2.75, 3.05) is 19.4 Å². The van der Waals surface area contributed by atoms with Crippen LogP contribution in [0.4, 0.5) is 5.13 Å². The third-order valence-electron chi connectivity index (χ3n) is 3.76. The summed E-state index contributed by atoms with van der Waals surface area (Å²) in [6.45, 7) is 0. The maximum absolute atomic E-state index is 12.6. The second-order valence-electron chi connectivity index (χ2n) is 5.79. The molecule has 0 atom stereocenters. The van der Waals surface area contributed by atoms with E-state index >= 15 is 0 Å². The van der Waals surface area contributed by atoms with Gasteiger partial charge in [0.2, 0.25) is 10.0 Å². The van der Waals surface area contributed by atoms with Crippen molar-refractivity contribution in [3.05, 3.63) is 64.5 Å². The third kappa shape index (κ3) is 4.19. The number of carbonyl (C=O) groups excluding carboxylic acids is 1. The molecule has 0 bridgehead atoms. The minimum absolute atomic E-state index is 0.00818. The molecule has 0 aliphatic carbocycles. The highest BCUT2D eigenvalue weighted by Crippen LogP contribution is 2.27. The number of hydrogen-bond acceptors (Lipinski definition) is 5. The molecule has 3 rings (SSSR count). The molecule has 0 radical (unpaired) electrons. The van der Waals surface area contributed by atoms with Crippen molar-refractivity contribution >= 4 is 44.0 Å². The number of rotatable bonds is 5. The van der Waals surface area contributed by atoms with Crippen molar-refractivity contribution in [1.29, 1.82) is 0 Å². The summed E-state index contributed by atoms with van der Waals surface area (Å²) in [4.78, 5) is 17.0. The van der Waals surface area contributed by atoms with Gasteiger partial charge in [-0.05, 0) is 18.2 Å². The maximum atomic E-state index is 12.6. The summed E-state index contributed by atoms with van der Waals surface area (Å²) in [5.74, 6) is -0.523. The van der Waals surface area contributed by atoms with Crippen LogP contribution in [0.25, 0.3) is 11.3 Å². The standard InChI is InChI=1S/C18H16ClN3O3S2/c1-22(2)27(24,25)13-8-9-15(19)14(10-13)17(23)21-18-20-16(11-26-18)12-6-4-3-5-7-12/h3-11H,1-2H3,(H,20,21,23). The first-order chi connectivity index (χ1) is 12.8. The highest BCUT2D eigenvalue weighted by Gasteiger charge is 2.21. The van der Waals surface area contributed by atoms with Crippen LogP contribution in [0.2, 0.25) is 5.02 Å². The molecule has 1 aromatic heterocycles. The lowest BCUT2D eigenvalue weighted by Crippen LogP contribution is -2.23. The van der Waals surface area contributed by atoms with Crippen LogP contribution >= 0.6 is 22.9 Å². The average molecular weight is 422 g/mol. The Labute approximate surface area is 166 Å². The van der Waals surface area contributed by atoms with Gasteiger partial charge in [0, 0.05) is 25.0 Å². The van der Waals surface area contributed by atoms with Gasteiger partial charge < -0.3 is 0 Å². The van der Waals surface area contributed by atoms with E-state index in [1.807, 2.05) is 35.7 Å². The fourth-order valence-corrected chi connectivity index (χ4v) is 4.13. The first kappa shape index (κ1) is 19.5. The van der Waals surface area contributed by atoms with Crippen LogP contribution in [0.1, 0.15) is 10.4 Å². The van der Waals surface area contributed by atoms with Gasteiger partial charge in [-0.15, -0.1) is 11.3 Å². The molecule has 0 saturated heterocycles. The number of amides is 1. The van der Waals surface area contributed by atoms with Crippen LogP contribution in [0.3, 0.4) is 0 Å². The number of sulfonamides is 1. The van der Waals surface area contributed by atoms with Crippen molar-refractivity contribution in [3.63, 3.8) is 0 Å². The predicted molar refractivity (Wildman–Crippen MR) is 108 cm³/mol. The number of thiazole rings is 1. The van der Waals surface area contributed by atoms with Gasteiger partial charge in [-0.25, -0.2) is 17.7 Å². The van der Waals surface area contributed by atoms with Crippen LogP contribution in [-0.2, 0) is 10.0 Å². The SMILES string of the molecule is CN(C)S(=O)(=O)c1ccc(Cl)c(C(=O)Nc2nc(-c3ccccc3)cs2)c1. The first-order valence-corrected chi connectivity index (χ1v) is 10.5. The average Bonchev–Trinajstić information content (AvgIpc) is 3.11. The number of carbonyl (C=O) groups is 1. The van der Waals surface area contributed by atoms with E-state index in [2.05, 4.69) is 10.3 Å². The second-order valence-corrected chi connectivity index (χ2v) is 9.20. The summed E-state index contributed by atoms with van der Waals surface area (Å²) < 4.78 is 25.6. The summed E-state index contributed by atoms with van der Waals surface area (Å²) in [7, 11) is -0.831. The number of benzene rings is 2. The van der Waals surface area contributed by atoms with Gasteiger partial charge >= 0.3 is 0 Å². The lowest BCUT2D eigenvalue weighted by molar-refractivity contribution is 0.102. The van der Waals surface area contributed by atoms with Crippen molar-refractivity contribution < 1.29 is 13.2 Å². The lowest BCUT2D eigenvalue weighted by Gasteiger charge is -2.13. The number of anilines is 1. The van der Waals surface area contributed by atoms with E-state index in [9.17, 15) is 13.2 Å². The molecule has 1 N–H and O–H groups in total. The summed E-state index contributed by atoms with van der Waals surface area (Å²) in [6, 6.07) is 13.6. The van der Waals surface area contributed by atoms with Crippen LogP contribution in [0.5, 0.6) is 0 Å². The molecule has 1 amide bonds. The minimum atomic E-state index is -3.67. The quantitative estimate of drug-likeness (QED) is 0.676. The van der Waals surface area contributed by atoms with E-state index in [0.717, 1.165) is 15.6 Å². The molecule has 6 nitrogen and oxygen atoms in total. The van der Waals surface area contributed by atoms with E-state index in [1.54, 1.807) is 0 Å². The second kappa shape index (κ2) is 7.77. The largest absolute Gasteiger partial charge is 0.298 e. The molecule has 0 aliphatic rings. The molecule has 9 heteroatoms. The molecule has 0 saturated carbocycles. The zero-order valence-corrected chi connectivity index (χ0v) is 16.9. The van der Waals surface area contributed by atoms with E-state index < -0.39 is 15.9 Å². The summed E-state index contributed by atoms with van der Waals surface area (Å²) >= 11 is 7.38. The zero-order chi connectivity index (χ0) is 19.6. The monoisotopic (exact) mass is 421 g/mol. The Kier molecular flexibility index (Phi) is 5.61. The van der Waals surface area contributed by atoms with Gasteiger partial charge in [0.05, 0.1) is 21.2 Å². The third-order valence-corrected chi connectivity index (χ3v) is 6.65. The van der Waals surface area contributed by atoms with Crippen LogP contribution in [-0.4, -0.2) is 37.7 Å². The molecule has 0 aliphatic heterocycles.